The number of sulfonamides is 1. The molecule has 1 unspecified atom stereocenters. The topological polar surface area (TPSA) is 66.5 Å². The van der Waals surface area contributed by atoms with E-state index in [4.69, 9.17) is 0 Å². The lowest BCUT2D eigenvalue weighted by molar-refractivity contribution is -0.120. The highest BCUT2D eigenvalue weighted by atomic mass is 32.2. The molecule has 1 atom stereocenters. The highest BCUT2D eigenvalue weighted by Crippen LogP contribution is 2.29. The zero-order chi connectivity index (χ0) is 22.0. The molecule has 1 N–H and O–H groups in total. The number of anilines is 1. The van der Waals surface area contributed by atoms with Crippen LogP contribution in [0.25, 0.3) is 10.8 Å². The molecule has 0 fully saturated rings. The average Bonchev–Trinajstić information content (AvgIpc) is 2.76. The Kier molecular flexibility index (Phi) is 6.01. The first-order valence-corrected chi connectivity index (χ1v) is 12.5. The number of benzene rings is 3. The van der Waals surface area contributed by atoms with E-state index in [0.717, 1.165) is 35.4 Å². The SMILES string of the molecule is CC(NC(=O)CN(c1cccc2ccccc12)S(C)(=O)=O)c1ccc2c(c1)CCCC2. The summed E-state index contributed by atoms with van der Waals surface area (Å²) in [7, 11) is -3.64. The van der Waals surface area contributed by atoms with Crippen LogP contribution in [0, 0.1) is 0 Å². The van der Waals surface area contributed by atoms with Gasteiger partial charge >= 0.3 is 0 Å². The molecule has 3 aromatic carbocycles. The summed E-state index contributed by atoms with van der Waals surface area (Å²) in [6.07, 6.45) is 5.76. The molecule has 0 saturated carbocycles. The quantitative estimate of drug-likeness (QED) is 0.624. The molecule has 5 nitrogen and oxygen atoms in total. The fourth-order valence-electron chi connectivity index (χ4n) is 4.33. The maximum absolute atomic E-state index is 12.9. The number of hydrogen-bond acceptors (Lipinski definition) is 3. The van der Waals surface area contributed by atoms with Crippen LogP contribution in [0.1, 0.15) is 42.5 Å². The molecule has 0 saturated heterocycles. The second-order valence-electron chi connectivity index (χ2n) is 8.29. The molecule has 31 heavy (non-hydrogen) atoms. The van der Waals surface area contributed by atoms with Gasteiger partial charge in [-0.15, -0.1) is 0 Å². The van der Waals surface area contributed by atoms with E-state index >= 15 is 0 Å². The second-order valence-corrected chi connectivity index (χ2v) is 10.2. The third-order valence-electron chi connectivity index (χ3n) is 5.97. The van der Waals surface area contributed by atoms with Gasteiger partial charge in [0.05, 0.1) is 18.0 Å². The highest BCUT2D eigenvalue weighted by Gasteiger charge is 2.23. The van der Waals surface area contributed by atoms with Gasteiger partial charge in [-0.05, 0) is 60.7 Å². The van der Waals surface area contributed by atoms with E-state index in [9.17, 15) is 13.2 Å². The van der Waals surface area contributed by atoms with Crippen LogP contribution in [0.5, 0.6) is 0 Å². The number of carbonyl (C=O) groups is 1. The molecule has 0 radical (unpaired) electrons. The Hall–Kier alpha value is -2.86. The van der Waals surface area contributed by atoms with Crippen molar-refractivity contribution in [3.05, 3.63) is 77.4 Å². The second kappa shape index (κ2) is 8.71. The van der Waals surface area contributed by atoms with Gasteiger partial charge < -0.3 is 5.32 Å². The summed E-state index contributed by atoms with van der Waals surface area (Å²) < 4.78 is 26.3. The van der Waals surface area contributed by atoms with Crippen LogP contribution in [0.15, 0.2) is 60.7 Å². The van der Waals surface area contributed by atoms with E-state index in [1.165, 1.54) is 28.3 Å². The predicted molar refractivity (Wildman–Crippen MR) is 126 cm³/mol. The monoisotopic (exact) mass is 436 g/mol. The lowest BCUT2D eigenvalue weighted by Gasteiger charge is -2.25. The van der Waals surface area contributed by atoms with Crippen molar-refractivity contribution in [2.24, 2.45) is 0 Å². The normalized spacial score (nSPS) is 14.6. The molecule has 0 aliphatic heterocycles. The van der Waals surface area contributed by atoms with Crippen molar-refractivity contribution in [3.63, 3.8) is 0 Å². The van der Waals surface area contributed by atoms with Gasteiger partial charge in [-0.25, -0.2) is 8.42 Å². The minimum absolute atomic E-state index is 0.200. The zero-order valence-corrected chi connectivity index (χ0v) is 18.8. The van der Waals surface area contributed by atoms with E-state index in [-0.39, 0.29) is 18.5 Å². The van der Waals surface area contributed by atoms with Crippen LogP contribution in [0.2, 0.25) is 0 Å². The lowest BCUT2D eigenvalue weighted by Crippen LogP contribution is -2.41. The summed E-state index contributed by atoms with van der Waals surface area (Å²) >= 11 is 0. The first-order chi connectivity index (χ1) is 14.8. The van der Waals surface area contributed by atoms with E-state index < -0.39 is 10.0 Å². The molecule has 162 valence electrons. The van der Waals surface area contributed by atoms with E-state index in [0.29, 0.717) is 5.69 Å². The number of carbonyl (C=O) groups excluding carboxylic acids is 1. The number of rotatable bonds is 6. The van der Waals surface area contributed by atoms with Crippen LogP contribution in [-0.2, 0) is 27.7 Å². The maximum Gasteiger partial charge on any atom is 0.241 e. The molecule has 1 aliphatic carbocycles. The molecule has 3 aromatic rings. The standard InChI is InChI=1S/C25H28N2O3S/c1-18(21-15-14-19-8-3-4-10-22(19)16-21)26-25(28)17-27(31(2,29)30)24-13-7-11-20-9-5-6-12-23(20)24/h5-7,9,11-16,18H,3-4,8,10,17H2,1-2H3,(H,26,28). The highest BCUT2D eigenvalue weighted by molar-refractivity contribution is 7.92. The first kappa shape index (κ1) is 21.4. The van der Waals surface area contributed by atoms with Gasteiger partial charge in [-0.1, -0.05) is 54.6 Å². The molecule has 0 heterocycles. The minimum Gasteiger partial charge on any atom is -0.348 e. The maximum atomic E-state index is 12.9. The number of nitrogens with one attached hydrogen (secondary N) is 1. The molecule has 4 rings (SSSR count). The van der Waals surface area contributed by atoms with Crippen molar-refractivity contribution in [1.29, 1.82) is 0 Å². The third-order valence-corrected chi connectivity index (χ3v) is 7.10. The predicted octanol–water partition coefficient (Wildman–Crippen LogP) is 4.36. The number of hydrogen-bond donors (Lipinski definition) is 1. The number of nitrogens with zero attached hydrogens (tertiary/aromatic N) is 1. The van der Waals surface area contributed by atoms with Crippen LogP contribution in [0.4, 0.5) is 5.69 Å². The molecule has 0 bridgehead atoms. The average molecular weight is 437 g/mol. The molecule has 1 amide bonds. The lowest BCUT2D eigenvalue weighted by atomic mass is 9.89. The molecule has 0 aromatic heterocycles. The van der Waals surface area contributed by atoms with Gasteiger partial charge in [0.2, 0.25) is 15.9 Å². The molecule has 0 spiro atoms. The van der Waals surface area contributed by atoms with Gasteiger partial charge in [0.25, 0.3) is 0 Å². The summed E-state index contributed by atoms with van der Waals surface area (Å²) in [6.45, 7) is 1.67. The summed E-state index contributed by atoms with van der Waals surface area (Å²) in [4.78, 5) is 12.9. The molecule has 1 aliphatic rings. The van der Waals surface area contributed by atoms with Gasteiger partial charge in [0.15, 0.2) is 0 Å². The summed E-state index contributed by atoms with van der Waals surface area (Å²) in [5.41, 5.74) is 4.31. The fourth-order valence-corrected chi connectivity index (χ4v) is 5.20. The van der Waals surface area contributed by atoms with Crippen molar-refractivity contribution in [2.45, 2.75) is 38.6 Å². The first-order valence-electron chi connectivity index (χ1n) is 10.7. The summed E-state index contributed by atoms with van der Waals surface area (Å²) in [5.74, 6) is -0.330. The largest absolute Gasteiger partial charge is 0.348 e. The Morgan fingerprint density at radius 2 is 1.71 bits per heavy atom. The molecule has 6 heteroatoms. The van der Waals surface area contributed by atoms with Crippen molar-refractivity contribution in [1.82, 2.24) is 5.32 Å². The minimum atomic E-state index is -3.64. The molecular weight excluding hydrogens is 408 g/mol. The van der Waals surface area contributed by atoms with E-state index in [2.05, 4.69) is 23.5 Å². The number of aryl methyl sites for hydroxylation is 2. The Morgan fingerprint density at radius 1 is 1.00 bits per heavy atom. The zero-order valence-electron chi connectivity index (χ0n) is 18.0. The third kappa shape index (κ3) is 4.74. The Balaban J connectivity index is 1.55. The van der Waals surface area contributed by atoms with Crippen LogP contribution < -0.4 is 9.62 Å². The van der Waals surface area contributed by atoms with Crippen LogP contribution in [0.3, 0.4) is 0 Å². The van der Waals surface area contributed by atoms with Crippen molar-refractivity contribution < 1.29 is 13.2 Å². The van der Waals surface area contributed by atoms with E-state index in [1.54, 1.807) is 6.07 Å². The number of fused-ring (bicyclic) bond motifs is 2. The summed E-state index contributed by atoms with van der Waals surface area (Å²) in [5, 5.41) is 4.70. The van der Waals surface area contributed by atoms with Gasteiger partial charge in [0, 0.05) is 5.39 Å². The smallest absolute Gasteiger partial charge is 0.241 e. The molecular formula is C25H28N2O3S. The van der Waals surface area contributed by atoms with E-state index in [1.807, 2.05) is 43.3 Å². The van der Waals surface area contributed by atoms with Gasteiger partial charge in [0.1, 0.15) is 6.54 Å². The Bertz CT molecular complexity index is 1220. The van der Waals surface area contributed by atoms with Gasteiger partial charge in [-0.3, -0.25) is 9.10 Å². The van der Waals surface area contributed by atoms with Crippen LogP contribution >= 0.6 is 0 Å². The fraction of sp³-hybridized carbons (Fsp3) is 0.320. The number of amides is 1. The van der Waals surface area contributed by atoms with Gasteiger partial charge in [-0.2, -0.15) is 0 Å². The van der Waals surface area contributed by atoms with Crippen molar-refractivity contribution >= 4 is 32.4 Å². The van der Waals surface area contributed by atoms with Crippen molar-refractivity contribution in [2.75, 3.05) is 17.1 Å². The van der Waals surface area contributed by atoms with Crippen LogP contribution in [-0.4, -0.2) is 27.1 Å². The Morgan fingerprint density at radius 3 is 2.48 bits per heavy atom. The Labute approximate surface area is 184 Å². The van der Waals surface area contributed by atoms with Crippen molar-refractivity contribution in [3.8, 4) is 0 Å². The summed E-state index contributed by atoms with van der Waals surface area (Å²) in [6, 6.07) is 19.2.